The smallest absolute Gasteiger partial charge is 0.325 e. The van der Waals surface area contributed by atoms with E-state index in [9.17, 15) is 0 Å². The Morgan fingerprint density at radius 1 is 1.12 bits per heavy atom. The zero-order valence-corrected chi connectivity index (χ0v) is 8.08. The summed E-state index contributed by atoms with van der Waals surface area (Å²) in [5.74, 6) is 0. The maximum absolute atomic E-state index is 4.99. The van der Waals surface area contributed by atoms with Crippen LogP contribution in [0.2, 0.25) is 0 Å². The molecule has 0 aromatic carbocycles. The van der Waals surface area contributed by atoms with Crippen LogP contribution in [0.4, 0.5) is 0 Å². The quantitative estimate of drug-likeness (QED) is 0.470. The summed E-state index contributed by atoms with van der Waals surface area (Å²) in [7, 11) is 3.30. The summed E-state index contributed by atoms with van der Waals surface area (Å²) in [6.45, 7) is 0. The van der Waals surface area contributed by atoms with E-state index in [1.807, 2.05) is 0 Å². The summed E-state index contributed by atoms with van der Waals surface area (Å²) < 4.78 is 14.9. The van der Waals surface area contributed by atoms with E-state index in [4.69, 9.17) is 13.3 Å². The summed E-state index contributed by atoms with van der Waals surface area (Å²) >= 11 is 0. The Kier molecular flexibility index (Phi) is 5.66. The summed E-state index contributed by atoms with van der Waals surface area (Å²) in [5.41, 5.74) is 0. The Hall–Kier alpha value is 0.314. The first-order chi connectivity index (χ1) is 3.85. The van der Waals surface area contributed by atoms with Crippen LogP contribution in [0, 0.1) is 0 Å². The highest BCUT2D eigenvalue weighted by atomic mass is 29.2. The van der Waals surface area contributed by atoms with Crippen LogP contribution < -0.4 is 0 Å². The molecular weight excluding hydrogens is 140 g/mol. The molecular formula is C3H12O3Si2. The van der Waals surface area contributed by atoms with E-state index in [-0.39, 0.29) is 0 Å². The predicted molar refractivity (Wildman–Crippen MR) is 36.7 cm³/mol. The van der Waals surface area contributed by atoms with E-state index in [2.05, 4.69) is 0 Å². The second-order valence-corrected chi connectivity index (χ2v) is 7.07. The molecule has 0 atom stereocenters. The fourth-order valence-electron chi connectivity index (χ4n) is 0.368. The van der Waals surface area contributed by atoms with Gasteiger partial charge in [-0.15, -0.1) is 0 Å². The Labute approximate surface area is 53.5 Å². The van der Waals surface area contributed by atoms with Crippen molar-refractivity contribution in [1.82, 2.24) is 0 Å². The first kappa shape index (κ1) is 8.31. The minimum Gasteiger partial charge on any atom is -0.425 e. The molecule has 50 valence electrons. The van der Waals surface area contributed by atoms with E-state index in [0.29, 0.717) is 0 Å². The van der Waals surface area contributed by atoms with Crippen LogP contribution in [0.3, 0.4) is 0 Å². The van der Waals surface area contributed by atoms with E-state index in [1.54, 1.807) is 21.3 Å². The van der Waals surface area contributed by atoms with Crippen LogP contribution in [-0.2, 0) is 13.3 Å². The molecule has 0 amide bonds. The molecule has 0 aromatic heterocycles. The molecule has 0 radical (unpaired) electrons. The maximum atomic E-state index is 4.99. The molecule has 0 unspecified atom stereocenters. The zero-order chi connectivity index (χ0) is 6.41. The van der Waals surface area contributed by atoms with E-state index < -0.39 is 18.1 Å². The molecule has 0 spiro atoms. The van der Waals surface area contributed by atoms with Crippen LogP contribution in [0.25, 0.3) is 0 Å². The van der Waals surface area contributed by atoms with Crippen LogP contribution in [0.1, 0.15) is 0 Å². The molecule has 0 saturated heterocycles. The number of hydrogen-bond donors (Lipinski definition) is 0. The lowest BCUT2D eigenvalue weighted by Gasteiger charge is -2.07. The molecule has 0 heterocycles. The Morgan fingerprint density at radius 2 is 1.62 bits per heavy atom. The molecule has 0 aliphatic heterocycles. The van der Waals surface area contributed by atoms with Gasteiger partial charge in [0, 0.05) is 21.3 Å². The van der Waals surface area contributed by atoms with E-state index in [0.717, 1.165) is 0 Å². The van der Waals surface area contributed by atoms with Crippen LogP contribution in [0.15, 0.2) is 0 Å². The maximum Gasteiger partial charge on any atom is 0.325 e. The SMILES string of the molecule is CO[SiH2][SiH](OC)OC. The van der Waals surface area contributed by atoms with Crippen molar-refractivity contribution in [2.45, 2.75) is 0 Å². The lowest BCUT2D eigenvalue weighted by Crippen LogP contribution is -2.28. The van der Waals surface area contributed by atoms with Gasteiger partial charge in [0.15, 0.2) is 0 Å². The Bertz CT molecular complexity index is 47.8. The van der Waals surface area contributed by atoms with Crippen molar-refractivity contribution in [3.8, 4) is 0 Å². The highest BCUT2D eigenvalue weighted by Gasteiger charge is 2.07. The molecule has 8 heavy (non-hydrogen) atoms. The van der Waals surface area contributed by atoms with Gasteiger partial charge in [0.05, 0.1) is 0 Å². The van der Waals surface area contributed by atoms with Gasteiger partial charge in [0.1, 0.15) is 0 Å². The van der Waals surface area contributed by atoms with Gasteiger partial charge in [0.25, 0.3) is 0 Å². The van der Waals surface area contributed by atoms with E-state index >= 15 is 0 Å². The second kappa shape index (κ2) is 5.45. The van der Waals surface area contributed by atoms with Crippen molar-refractivity contribution in [2.24, 2.45) is 0 Å². The fourth-order valence-corrected chi connectivity index (χ4v) is 2.74. The molecule has 0 saturated carbocycles. The van der Waals surface area contributed by atoms with Crippen molar-refractivity contribution in [1.29, 1.82) is 0 Å². The second-order valence-electron chi connectivity index (χ2n) is 1.36. The number of hydrogen-bond acceptors (Lipinski definition) is 3. The van der Waals surface area contributed by atoms with E-state index in [1.165, 1.54) is 0 Å². The van der Waals surface area contributed by atoms with Gasteiger partial charge in [-0.1, -0.05) is 0 Å². The van der Waals surface area contributed by atoms with Gasteiger partial charge in [-0.2, -0.15) is 0 Å². The average Bonchev–Trinajstić information content (AvgIpc) is 1.83. The molecule has 0 bridgehead atoms. The van der Waals surface area contributed by atoms with Gasteiger partial charge in [-0.05, 0) is 0 Å². The molecule has 0 aliphatic carbocycles. The van der Waals surface area contributed by atoms with Crippen LogP contribution >= 0.6 is 0 Å². The zero-order valence-electron chi connectivity index (χ0n) is 5.51. The van der Waals surface area contributed by atoms with Crippen molar-refractivity contribution in [3.05, 3.63) is 0 Å². The fraction of sp³-hybridized carbons (Fsp3) is 1.00. The first-order valence-corrected chi connectivity index (χ1v) is 7.18. The summed E-state index contributed by atoms with van der Waals surface area (Å²) in [6, 6.07) is 0. The lowest BCUT2D eigenvalue weighted by molar-refractivity contribution is 0.289. The Morgan fingerprint density at radius 3 is 1.75 bits per heavy atom. The molecule has 5 heteroatoms. The topological polar surface area (TPSA) is 27.7 Å². The predicted octanol–water partition coefficient (Wildman–Crippen LogP) is -1.27. The molecule has 0 rings (SSSR count). The van der Waals surface area contributed by atoms with Gasteiger partial charge < -0.3 is 13.3 Å². The van der Waals surface area contributed by atoms with Crippen LogP contribution in [0.5, 0.6) is 0 Å². The minimum atomic E-state index is -1.28. The molecule has 3 nitrogen and oxygen atoms in total. The Balaban J connectivity index is 3.07. The number of rotatable bonds is 4. The lowest BCUT2D eigenvalue weighted by atomic mass is 11.8. The average molecular weight is 152 g/mol. The van der Waals surface area contributed by atoms with Crippen molar-refractivity contribution >= 4 is 18.1 Å². The third-order valence-corrected chi connectivity index (χ3v) is 6.30. The standard InChI is InChI=1S/C3H12O3Si2/c1-4-7-8(5-2)6-3/h8H,7H2,1-3H3. The molecule has 0 aliphatic rings. The van der Waals surface area contributed by atoms with Gasteiger partial charge in [-0.25, -0.2) is 0 Å². The third kappa shape index (κ3) is 3.33. The summed E-state index contributed by atoms with van der Waals surface area (Å²) in [4.78, 5) is 0. The third-order valence-electron chi connectivity index (χ3n) is 0.829. The highest BCUT2D eigenvalue weighted by molar-refractivity contribution is 7.02. The monoisotopic (exact) mass is 152 g/mol. The summed E-state index contributed by atoms with van der Waals surface area (Å²) in [5, 5.41) is 0. The first-order valence-electron chi connectivity index (χ1n) is 2.39. The molecule has 0 aromatic rings. The van der Waals surface area contributed by atoms with Crippen molar-refractivity contribution in [3.63, 3.8) is 0 Å². The van der Waals surface area contributed by atoms with Gasteiger partial charge in [0.2, 0.25) is 9.28 Å². The largest absolute Gasteiger partial charge is 0.425 e. The van der Waals surface area contributed by atoms with Crippen molar-refractivity contribution < 1.29 is 13.3 Å². The summed E-state index contributed by atoms with van der Waals surface area (Å²) in [6.07, 6.45) is 0. The van der Waals surface area contributed by atoms with Crippen molar-refractivity contribution in [2.75, 3.05) is 21.3 Å². The molecule has 0 fully saturated rings. The minimum absolute atomic E-state index is 0.470. The molecule has 0 N–H and O–H groups in total. The van der Waals surface area contributed by atoms with Crippen LogP contribution in [-0.4, -0.2) is 39.4 Å². The normalized spacial score (nSPS) is 12.0. The van der Waals surface area contributed by atoms with Gasteiger partial charge in [-0.3, -0.25) is 0 Å². The highest BCUT2D eigenvalue weighted by Crippen LogP contribution is 1.79. The van der Waals surface area contributed by atoms with Gasteiger partial charge >= 0.3 is 8.80 Å².